The third-order valence-electron chi connectivity index (χ3n) is 0.587. The minimum Gasteiger partial charge on any atom is -0.437 e. The highest BCUT2D eigenvalue weighted by Crippen LogP contribution is 1.86. The third kappa shape index (κ3) is 3.20. The first-order valence-corrected chi connectivity index (χ1v) is 2.30. The molecule has 0 aromatic carbocycles. The van der Waals surface area contributed by atoms with Gasteiger partial charge in [0.05, 0.1) is 0 Å². The summed E-state index contributed by atoms with van der Waals surface area (Å²) in [5.41, 5.74) is 0. The Morgan fingerprint density at radius 2 is 2.00 bits per heavy atom. The second-order valence-corrected chi connectivity index (χ2v) is 1.32. The van der Waals surface area contributed by atoms with Gasteiger partial charge in [-0.05, 0) is 11.8 Å². The third-order valence-corrected chi connectivity index (χ3v) is 0.587. The second-order valence-electron chi connectivity index (χ2n) is 1.32. The maximum absolute atomic E-state index is 10.2. The molecule has 0 spiro atoms. The van der Waals surface area contributed by atoms with E-state index in [2.05, 4.69) is 16.6 Å². The van der Waals surface area contributed by atoms with Crippen LogP contribution in [0.3, 0.4) is 0 Å². The molecule has 0 rings (SSSR count). The van der Waals surface area contributed by atoms with Gasteiger partial charge in [-0.2, -0.15) is 0 Å². The van der Waals surface area contributed by atoms with Crippen molar-refractivity contribution < 1.29 is 9.53 Å². The average molecular weight is 122 g/mol. The van der Waals surface area contributed by atoms with Gasteiger partial charge in [0.1, 0.15) is 0 Å². The number of hydrogen-bond donors (Lipinski definition) is 0. The molecular weight excluding hydrogens is 116 g/mol. The molecule has 0 aliphatic carbocycles. The van der Waals surface area contributed by atoms with Gasteiger partial charge < -0.3 is 4.74 Å². The van der Waals surface area contributed by atoms with Crippen molar-refractivity contribution in [3.8, 4) is 24.7 Å². The van der Waals surface area contributed by atoms with Gasteiger partial charge >= 0.3 is 5.97 Å². The summed E-state index contributed by atoms with van der Waals surface area (Å²) in [6.45, 7) is 1.25. The number of rotatable bonds is 1. The molecule has 2 heteroatoms. The zero-order valence-electron chi connectivity index (χ0n) is 5.05. The summed E-state index contributed by atoms with van der Waals surface area (Å²) < 4.78 is 4.44. The maximum atomic E-state index is 10.2. The fourth-order valence-corrected chi connectivity index (χ4v) is 0.282. The fraction of sp³-hybridized carbons (Fsp3) is 0.286. The normalized spacial score (nSPS) is 7.56. The lowest BCUT2D eigenvalue weighted by Gasteiger charge is -2.00. The SMILES string of the molecule is C#CC(C#C)OC(C)=O. The van der Waals surface area contributed by atoms with Gasteiger partial charge in [-0.3, -0.25) is 4.79 Å². The van der Waals surface area contributed by atoms with Crippen LogP contribution in [0.4, 0.5) is 0 Å². The van der Waals surface area contributed by atoms with E-state index in [1.54, 1.807) is 0 Å². The van der Waals surface area contributed by atoms with Crippen LogP contribution in [0.1, 0.15) is 6.92 Å². The van der Waals surface area contributed by atoms with E-state index in [9.17, 15) is 4.79 Å². The molecule has 0 atom stereocenters. The van der Waals surface area contributed by atoms with E-state index in [4.69, 9.17) is 12.8 Å². The van der Waals surface area contributed by atoms with Gasteiger partial charge in [0, 0.05) is 6.92 Å². The highest BCUT2D eigenvalue weighted by atomic mass is 16.5. The molecule has 0 unspecified atom stereocenters. The molecule has 0 aromatic rings. The van der Waals surface area contributed by atoms with Crippen LogP contribution in [-0.2, 0) is 9.53 Å². The van der Waals surface area contributed by atoms with Crippen LogP contribution in [0.15, 0.2) is 0 Å². The number of ether oxygens (including phenoxy) is 1. The molecular formula is C7H6O2. The number of terminal acetylenes is 2. The standard InChI is InChI=1S/C7H6O2/c1-4-7(5-2)9-6(3)8/h1-2,7H,3H3. The Bertz CT molecular complexity index is 166. The largest absolute Gasteiger partial charge is 0.437 e. The van der Waals surface area contributed by atoms with Crippen LogP contribution >= 0.6 is 0 Å². The molecule has 0 bridgehead atoms. The first-order valence-electron chi connectivity index (χ1n) is 2.30. The fourth-order valence-electron chi connectivity index (χ4n) is 0.282. The van der Waals surface area contributed by atoms with Crippen molar-refractivity contribution >= 4 is 5.97 Å². The molecule has 0 fully saturated rings. The van der Waals surface area contributed by atoms with Crippen LogP contribution in [0.5, 0.6) is 0 Å². The van der Waals surface area contributed by atoms with Crippen molar-refractivity contribution in [1.82, 2.24) is 0 Å². The predicted octanol–water partition coefficient (Wildman–Crippen LogP) is 0.185. The van der Waals surface area contributed by atoms with Crippen LogP contribution in [0.2, 0.25) is 0 Å². The van der Waals surface area contributed by atoms with E-state index < -0.39 is 12.1 Å². The summed E-state index contributed by atoms with van der Waals surface area (Å²) in [4.78, 5) is 10.2. The van der Waals surface area contributed by atoms with Crippen molar-refractivity contribution in [2.24, 2.45) is 0 Å². The molecule has 0 saturated carbocycles. The summed E-state index contributed by atoms with van der Waals surface area (Å²) in [6.07, 6.45) is 8.91. The van der Waals surface area contributed by atoms with E-state index in [0.717, 1.165) is 0 Å². The van der Waals surface area contributed by atoms with Crippen LogP contribution in [-0.4, -0.2) is 12.1 Å². The molecule has 0 heterocycles. The van der Waals surface area contributed by atoms with Gasteiger partial charge in [0.15, 0.2) is 0 Å². The lowest BCUT2D eigenvalue weighted by molar-refractivity contribution is -0.141. The summed E-state index contributed by atoms with van der Waals surface area (Å²) in [5, 5.41) is 0. The maximum Gasteiger partial charge on any atom is 0.304 e. The van der Waals surface area contributed by atoms with Crippen LogP contribution in [0, 0.1) is 24.7 Å². The Kier molecular flexibility index (Phi) is 3.01. The number of esters is 1. The highest BCUT2D eigenvalue weighted by molar-refractivity contribution is 5.66. The van der Waals surface area contributed by atoms with Crippen LogP contribution < -0.4 is 0 Å². The van der Waals surface area contributed by atoms with E-state index >= 15 is 0 Å². The minimum atomic E-state index is -0.817. The van der Waals surface area contributed by atoms with Crippen molar-refractivity contribution in [3.63, 3.8) is 0 Å². The van der Waals surface area contributed by atoms with Crippen LogP contribution in [0.25, 0.3) is 0 Å². The Hall–Kier alpha value is -1.41. The molecule has 0 saturated heterocycles. The molecule has 0 aromatic heterocycles. The van der Waals surface area contributed by atoms with Gasteiger partial charge in [-0.25, -0.2) is 0 Å². The zero-order valence-corrected chi connectivity index (χ0v) is 5.05. The van der Waals surface area contributed by atoms with Gasteiger partial charge in [0.2, 0.25) is 6.10 Å². The average Bonchev–Trinajstić information content (AvgIpc) is 1.82. The van der Waals surface area contributed by atoms with E-state index in [-0.39, 0.29) is 0 Å². The lowest BCUT2D eigenvalue weighted by atomic mass is 10.4. The summed E-state index contributed by atoms with van der Waals surface area (Å²) in [6, 6.07) is 0. The van der Waals surface area contributed by atoms with Crippen molar-refractivity contribution in [2.75, 3.05) is 0 Å². The molecule has 9 heavy (non-hydrogen) atoms. The molecule has 2 nitrogen and oxygen atoms in total. The van der Waals surface area contributed by atoms with E-state index in [0.29, 0.717) is 0 Å². The van der Waals surface area contributed by atoms with Crippen molar-refractivity contribution in [3.05, 3.63) is 0 Å². The van der Waals surface area contributed by atoms with Gasteiger partial charge in [0.25, 0.3) is 0 Å². The topological polar surface area (TPSA) is 26.3 Å². The zero-order chi connectivity index (χ0) is 7.28. The van der Waals surface area contributed by atoms with Crippen molar-refractivity contribution in [2.45, 2.75) is 13.0 Å². The Balaban J connectivity index is 3.78. The number of carbonyl (C=O) groups is 1. The Morgan fingerprint density at radius 1 is 1.56 bits per heavy atom. The molecule has 46 valence electrons. The monoisotopic (exact) mass is 122 g/mol. The number of carbonyl (C=O) groups excluding carboxylic acids is 1. The molecule has 0 radical (unpaired) electrons. The molecule has 0 aliphatic heterocycles. The molecule has 0 amide bonds. The summed E-state index contributed by atoms with van der Waals surface area (Å²) in [7, 11) is 0. The molecule has 0 N–H and O–H groups in total. The summed E-state index contributed by atoms with van der Waals surface area (Å²) in [5.74, 6) is 3.75. The first kappa shape index (κ1) is 7.59. The van der Waals surface area contributed by atoms with Gasteiger partial charge in [-0.15, -0.1) is 12.8 Å². The Labute approximate surface area is 54.2 Å². The summed E-state index contributed by atoms with van der Waals surface area (Å²) >= 11 is 0. The van der Waals surface area contributed by atoms with E-state index in [1.165, 1.54) is 6.92 Å². The molecule has 0 aliphatic rings. The quantitative estimate of drug-likeness (QED) is 0.366. The van der Waals surface area contributed by atoms with E-state index in [1.807, 2.05) is 0 Å². The minimum absolute atomic E-state index is 0.462. The van der Waals surface area contributed by atoms with Crippen molar-refractivity contribution in [1.29, 1.82) is 0 Å². The Morgan fingerprint density at radius 3 is 2.11 bits per heavy atom. The predicted molar refractivity (Wildman–Crippen MR) is 33.2 cm³/mol. The second kappa shape index (κ2) is 3.57. The first-order chi connectivity index (χ1) is 4.20. The smallest absolute Gasteiger partial charge is 0.304 e. The lowest BCUT2D eigenvalue weighted by Crippen LogP contribution is -2.10. The number of hydrogen-bond acceptors (Lipinski definition) is 2. The highest BCUT2D eigenvalue weighted by Gasteiger charge is 2.00. The van der Waals surface area contributed by atoms with Gasteiger partial charge in [-0.1, -0.05) is 0 Å².